The predicted octanol–water partition coefficient (Wildman–Crippen LogP) is 0.195. The van der Waals surface area contributed by atoms with Crippen LogP contribution in [0, 0.1) is 0 Å². The highest BCUT2D eigenvalue weighted by atomic mass is 32.3. The molecule has 0 aliphatic heterocycles. The molecule has 0 saturated heterocycles. The van der Waals surface area contributed by atoms with Gasteiger partial charge in [-0.2, -0.15) is 0 Å². The van der Waals surface area contributed by atoms with Gasteiger partial charge in [0.05, 0.1) is 5.25 Å². The van der Waals surface area contributed by atoms with Crippen LogP contribution in [0.25, 0.3) is 0 Å². The maximum Gasteiger partial charge on any atom is 0.475 e. The van der Waals surface area contributed by atoms with Gasteiger partial charge in [-0.05, 0) is 13.8 Å². The first-order chi connectivity index (χ1) is 4.00. The zero-order chi connectivity index (χ0) is 7.49. The highest BCUT2D eigenvalue weighted by molar-refractivity contribution is 8.00. The van der Waals surface area contributed by atoms with Gasteiger partial charge in [0.1, 0.15) is 0 Å². The molecule has 0 unspecified atom stereocenters. The molecule has 0 aromatic rings. The van der Waals surface area contributed by atoms with Crippen LogP contribution < -0.4 is 0 Å². The Balaban J connectivity index is 4.22. The molecule has 0 aromatic carbocycles. The van der Waals surface area contributed by atoms with Gasteiger partial charge in [-0.15, -0.1) is 0 Å². The SMILES string of the molecule is CC(C)S(=O)(=O)C[S+]=O. The highest BCUT2D eigenvalue weighted by Crippen LogP contribution is 1.98. The van der Waals surface area contributed by atoms with Gasteiger partial charge in [0.2, 0.25) is 9.84 Å². The lowest BCUT2D eigenvalue weighted by molar-refractivity contribution is 0.589. The molecule has 0 fully saturated rings. The Labute approximate surface area is 58.9 Å². The lowest BCUT2D eigenvalue weighted by Gasteiger charge is -1.95. The van der Waals surface area contributed by atoms with Gasteiger partial charge in [-0.25, -0.2) is 8.42 Å². The van der Waals surface area contributed by atoms with Gasteiger partial charge in [0.15, 0.2) is 0 Å². The van der Waals surface area contributed by atoms with Crippen LogP contribution in [-0.4, -0.2) is 18.8 Å². The Bertz CT molecular complexity index is 180. The molecule has 0 heterocycles. The minimum Gasteiger partial charge on any atom is -0.223 e. The van der Waals surface area contributed by atoms with Crippen LogP contribution in [0.4, 0.5) is 0 Å². The molecule has 0 spiro atoms. The predicted molar refractivity (Wildman–Crippen MR) is 37.0 cm³/mol. The Morgan fingerprint density at radius 2 is 1.89 bits per heavy atom. The fraction of sp³-hybridized carbons (Fsp3) is 1.00. The van der Waals surface area contributed by atoms with E-state index in [9.17, 15) is 12.6 Å². The summed E-state index contributed by atoms with van der Waals surface area (Å²) in [6.45, 7) is 3.12. The largest absolute Gasteiger partial charge is 0.475 e. The van der Waals surface area contributed by atoms with E-state index in [1.54, 1.807) is 13.8 Å². The molecule has 0 rings (SSSR count). The van der Waals surface area contributed by atoms with Gasteiger partial charge < -0.3 is 0 Å². The third-order valence-corrected chi connectivity index (χ3v) is 4.07. The molecular weight excluding hydrogens is 160 g/mol. The molecule has 3 nitrogen and oxygen atoms in total. The van der Waals surface area contributed by atoms with Crippen LogP contribution in [-0.2, 0) is 25.7 Å². The summed E-state index contributed by atoms with van der Waals surface area (Å²) in [6.07, 6.45) is 0. The highest BCUT2D eigenvalue weighted by Gasteiger charge is 2.22. The van der Waals surface area contributed by atoms with Crippen LogP contribution in [0.2, 0.25) is 0 Å². The minimum atomic E-state index is -3.10. The Hall–Kier alpha value is -0.0300. The van der Waals surface area contributed by atoms with Crippen molar-refractivity contribution >= 4 is 21.5 Å². The first kappa shape index (κ1) is 8.97. The standard InChI is InChI=1S/C4H9O3S2/c1-4(2)9(6,7)3-8-5/h4H,3H2,1-2H3/q+1. The van der Waals surface area contributed by atoms with E-state index < -0.39 is 15.1 Å². The maximum absolute atomic E-state index is 10.7. The lowest BCUT2D eigenvalue weighted by atomic mass is 10.6. The number of rotatable bonds is 3. The van der Waals surface area contributed by atoms with Gasteiger partial charge in [0, 0.05) is 4.21 Å². The molecule has 0 amide bonds. The summed E-state index contributed by atoms with van der Waals surface area (Å²) >= 11 is 0.0989. The van der Waals surface area contributed by atoms with Crippen molar-refractivity contribution in [3.05, 3.63) is 0 Å². The average Bonchev–Trinajstić information content (AvgIpc) is 1.65. The van der Waals surface area contributed by atoms with Crippen LogP contribution in [0.3, 0.4) is 0 Å². The van der Waals surface area contributed by atoms with Gasteiger partial charge in [0.25, 0.3) is 0 Å². The first-order valence-electron chi connectivity index (χ1n) is 2.47. The molecule has 54 valence electrons. The zero-order valence-electron chi connectivity index (χ0n) is 5.33. The van der Waals surface area contributed by atoms with Gasteiger partial charge >= 0.3 is 16.8 Å². The lowest BCUT2D eigenvalue weighted by Crippen LogP contribution is -2.16. The molecule has 5 heteroatoms. The normalized spacial score (nSPS) is 11.9. The summed E-state index contributed by atoms with van der Waals surface area (Å²) in [5.74, 6) is 0. The van der Waals surface area contributed by atoms with Crippen LogP contribution in [0.5, 0.6) is 0 Å². The average molecular weight is 169 g/mol. The molecule has 0 N–H and O–H groups in total. The third kappa shape index (κ3) is 2.86. The van der Waals surface area contributed by atoms with E-state index in [-0.39, 0.29) is 16.8 Å². The molecular formula is C4H9O3S2+. The molecule has 0 aromatic heterocycles. The fourth-order valence-electron chi connectivity index (χ4n) is 0.203. The third-order valence-electron chi connectivity index (χ3n) is 0.931. The monoisotopic (exact) mass is 169 g/mol. The van der Waals surface area contributed by atoms with Crippen molar-refractivity contribution in [1.82, 2.24) is 0 Å². The second-order valence-corrected chi connectivity index (χ2v) is 5.39. The molecule has 0 saturated carbocycles. The van der Waals surface area contributed by atoms with E-state index in [2.05, 4.69) is 0 Å². The van der Waals surface area contributed by atoms with Crippen LogP contribution in [0.15, 0.2) is 0 Å². The molecule has 0 aliphatic carbocycles. The van der Waals surface area contributed by atoms with Crippen molar-refractivity contribution in [2.45, 2.75) is 19.1 Å². The smallest absolute Gasteiger partial charge is 0.223 e. The molecule has 0 radical (unpaired) electrons. The summed E-state index contributed by atoms with van der Waals surface area (Å²) < 4.78 is 31.2. The van der Waals surface area contributed by atoms with Crippen LogP contribution >= 0.6 is 0 Å². The minimum absolute atomic E-state index is 0.0989. The van der Waals surface area contributed by atoms with E-state index in [0.29, 0.717) is 0 Å². The van der Waals surface area contributed by atoms with Crippen molar-refractivity contribution in [1.29, 1.82) is 0 Å². The Morgan fingerprint density at radius 3 is 2.00 bits per heavy atom. The van der Waals surface area contributed by atoms with E-state index in [0.717, 1.165) is 0 Å². The van der Waals surface area contributed by atoms with Crippen molar-refractivity contribution < 1.29 is 12.6 Å². The second kappa shape index (κ2) is 3.22. The molecule has 0 bridgehead atoms. The second-order valence-electron chi connectivity index (χ2n) is 1.95. The Kier molecular flexibility index (Phi) is 3.21. The zero-order valence-corrected chi connectivity index (χ0v) is 6.96. The van der Waals surface area contributed by atoms with Gasteiger partial charge in [-0.3, -0.25) is 0 Å². The van der Waals surface area contributed by atoms with E-state index in [4.69, 9.17) is 0 Å². The summed E-state index contributed by atoms with van der Waals surface area (Å²) in [5, 5.41) is -0.746. The Morgan fingerprint density at radius 1 is 1.44 bits per heavy atom. The summed E-state index contributed by atoms with van der Waals surface area (Å²) in [5.41, 5.74) is 0. The summed E-state index contributed by atoms with van der Waals surface area (Å²) in [4.78, 5) is 0. The van der Waals surface area contributed by atoms with Crippen molar-refractivity contribution in [3.63, 3.8) is 0 Å². The van der Waals surface area contributed by atoms with Gasteiger partial charge in [-0.1, -0.05) is 0 Å². The summed E-state index contributed by atoms with van der Waals surface area (Å²) in [6, 6.07) is 0. The summed E-state index contributed by atoms with van der Waals surface area (Å²) in [7, 11) is -3.10. The van der Waals surface area contributed by atoms with E-state index >= 15 is 0 Å². The fourth-order valence-corrected chi connectivity index (χ4v) is 1.83. The molecule has 0 atom stereocenters. The van der Waals surface area contributed by atoms with Crippen LogP contribution in [0.1, 0.15) is 13.8 Å². The first-order valence-corrected chi connectivity index (χ1v) is 5.09. The van der Waals surface area contributed by atoms with Crippen molar-refractivity contribution in [3.8, 4) is 0 Å². The van der Waals surface area contributed by atoms with Crippen molar-refractivity contribution in [2.24, 2.45) is 0 Å². The number of hydrogen-bond donors (Lipinski definition) is 0. The molecule has 0 aliphatic rings. The van der Waals surface area contributed by atoms with E-state index in [1.807, 2.05) is 0 Å². The van der Waals surface area contributed by atoms with Crippen molar-refractivity contribution in [2.75, 3.05) is 5.08 Å². The topological polar surface area (TPSA) is 51.2 Å². The number of hydrogen-bond acceptors (Lipinski definition) is 3. The quantitative estimate of drug-likeness (QED) is 0.567. The van der Waals surface area contributed by atoms with E-state index in [1.165, 1.54) is 0 Å². The maximum atomic E-state index is 10.7. The number of sulfone groups is 1. The molecule has 9 heavy (non-hydrogen) atoms.